The number of piperidine rings is 1. The largest absolute Gasteiger partial charge is 0.493 e. The van der Waals surface area contributed by atoms with E-state index in [1.165, 1.54) is 31.2 Å². The lowest BCUT2D eigenvalue weighted by Gasteiger charge is -2.38. The summed E-state index contributed by atoms with van der Waals surface area (Å²) in [5.74, 6) is 1.80. The molecule has 0 bridgehead atoms. The monoisotopic (exact) mass is 610 g/mol. The van der Waals surface area contributed by atoms with E-state index >= 15 is 0 Å². The number of benzene rings is 2. The zero-order valence-electron chi connectivity index (χ0n) is 24.3. The number of carbonyl (C=O) groups is 1. The van der Waals surface area contributed by atoms with Crippen LogP contribution in [0.5, 0.6) is 17.2 Å². The van der Waals surface area contributed by atoms with Gasteiger partial charge in [-0.05, 0) is 60.2 Å². The van der Waals surface area contributed by atoms with Crippen LogP contribution in [0.15, 0.2) is 36.4 Å². The fourth-order valence-corrected chi connectivity index (χ4v) is 6.91. The fourth-order valence-electron chi connectivity index (χ4n) is 5.62. The summed E-state index contributed by atoms with van der Waals surface area (Å²) in [6.07, 6.45) is 3.00. The van der Waals surface area contributed by atoms with Gasteiger partial charge in [-0.1, -0.05) is 32.3 Å². The number of likely N-dealkylation sites (tertiary alicyclic amines) is 1. The highest BCUT2D eigenvalue weighted by atomic mass is 35.5. The van der Waals surface area contributed by atoms with E-state index in [0.29, 0.717) is 35.4 Å². The number of methoxy groups -OCH3 is 3. The molecule has 4 rings (SSSR count). The van der Waals surface area contributed by atoms with Gasteiger partial charge in [-0.25, -0.2) is 4.79 Å². The average Bonchev–Trinajstić information content (AvgIpc) is 3.38. The van der Waals surface area contributed by atoms with Crippen molar-refractivity contribution in [2.75, 3.05) is 66.9 Å². The van der Waals surface area contributed by atoms with Crippen molar-refractivity contribution in [3.63, 3.8) is 0 Å². The van der Waals surface area contributed by atoms with E-state index < -0.39 is 16.6 Å². The van der Waals surface area contributed by atoms with E-state index in [2.05, 4.69) is 27.7 Å². The Labute approximate surface area is 248 Å². The molecule has 11 nitrogen and oxygen atoms in total. The molecule has 1 unspecified atom stereocenters. The highest BCUT2D eigenvalue weighted by Crippen LogP contribution is 2.40. The second kappa shape index (κ2) is 13.6. The molecule has 41 heavy (non-hydrogen) atoms. The van der Waals surface area contributed by atoms with Gasteiger partial charge >= 0.3 is 16.6 Å². The summed E-state index contributed by atoms with van der Waals surface area (Å²) in [5, 5.41) is 6.65. The van der Waals surface area contributed by atoms with Crippen molar-refractivity contribution in [2.45, 2.75) is 31.3 Å². The molecule has 3 atom stereocenters. The number of urea groups is 1. The summed E-state index contributed by atoms with van der Waals surface area (Å²) in [7, 11) is 4.30. The highest BCUT2D eigenvalue weighted by molar-refractivity contribution is 7.93. The van der Waals surface area contributed by atoms with Crippen LogP contribution < -0.4 is 24.8 Å². The zero-order chi connectivity index (χ0) is 29.7. The third kappa shape index (κ3) is 7.43. The van der Waals surface area contributed by atoms with Gasteiger partial charge in [0.1, 0.15) is 0 Å². The summed E-state index contributed by atoms with van der Waals surface area (Å²) < 4.78 is 42.9. The normalized spacial score (nSPS) is 21.9. The molecule has 0 aromatic heterocycles. The Kier molecular flexibility index (Phi) is 10.4. The first-order valence-electron chi connectivity index (χ1n) is 13.6. The molecule has 2 aromatic carbocycles. The Bertz CT molecular complexity index is 1220. The summed E-state index contributed by atoms with van der Waals surface area (Å²) in [4.78, 5) is 15.5. The lowest BCUT2D eigenvalue weighted by atomic mass is 9.89. The van der Waals surface area contributed by atoms with Gasteiger partial charge in [0.25, 0.3) is 0 Å². The number of rotatable bonds is 10. The maximum absolute atomic E-state index is 13.2. The molecule has 2 amide bonds. The minimum atomic E-state index is -3.40. The van der Waals surface area contributed by atoms with Crippen molar-refractivity contribution in [2.24, 2.45) is 5.92 Å². The van der Waals surface area contributed by atoms with Gasteiger partial charge in [0.2, 0.25) is 5.75 Å². The Morgan fingerprint density at radius 3 is 2.20 bits per heavy atom. The van der Waals surface area contributed by atoms with Crippen LogP contribution in [-0.4, -0.2) is 97.8 Å². The Hall–Kier alpha value is -2.61. The van der Waals surface area contributed by atoms with Crippen molar-refractivity contribution >= 4 is 33.9 Å². The molecule has 2 fully saturated rings. The Balaban J connectivity index is 1.45. The van der Waals surface area contributed by atoms with Gasteiger partial charge < -0.3 is 24.8 Å². The third-order valence-corrected chi connectivity index (χ3v) is 10.0. The van der Waals surface area contributed by atoms with Crippen LogP contribution >= 0.6 is 11.6 Å². The SMILES string of the molecule is COc1cc(NC(=O)N[C@@H]2CN([S+](=O)(O)N(C)C)C[C@H]2N2CCC(Cc3ccc(Cl)cc3)CC2)cc(OC)c1OC. The first kappa shape index (κ1) is 31.3. The zero-order valence-corrected chi connectivity index (χ0v) is 25.8. The van der Waals surface area contributed by atoms with E-state index in [4.69, 9.17) is 25.8 Å². The van der Waals surface area contributed by atoms with Crippen molar-refractivity contribution in [1.29, 1.82) is 0 Å². The maximum Gasteiger partial charge on any atom is 0.374 e. The summed E-state index contributed by atoms with van der Waals surface area (Å²) >= 11 is 6.04. The first-order chi connectivity index (χ1) is 19.5. The van der Waals surface area contributed by atoms with Gasteiger partial charge in [0.05, 0.1) is 46.1 Å². The van der Waals surface area contributed by atoms with Crippen LogP contribution in [0.2, 0.25) is 5.02 Å². The number of ether oxygens (including phenoxy) is 3. The van der Waals surface area contributed by atoms with Crippen LogP contribution in [0, 0.1) is 5.92 Å². The summed E-state index contributed by atoms with van der Waals surface area (Å²) in [6.45, 7) is 2.30. The molecule has 0 radical (unpaired) electrons. The van der Waals surface area contributed by atoms with Gasteiger partial charge in [-0.15, -0.1) is 0 Å². The number of hydrogen-bond donors (Lipinski definition) is 3. The minimum Gasteiger partial charge on any atom is -0.493 e. The van der Waals surface area contributed by atoms with Crippen LogP contribution in [0.1, 0.15) is 18.4 Å². The van der Waals surface area contributed by atoms with Gasteiger partial charge in [-0.3, -0.25) is 4.90 Å². The highest BCUT2D eigenvalue weighted by Gasteiger charge is 2.50. The molecule has 226 valence electrons. The number of nitrogens with zero attached hydrogens (tertiary/aromatic N) is 3. The van der Waals surface area contributed by atoms with E-state index in [1.54, 1.807) is 30.5 Å². The molecule has 2 heterocycles. The number of carbonyl (C=O) groups excluding carboxylic acids is 1. The predicted molar refractivity (Wildman–Crippen MR) is 161 cm³/mol. The molecular weight excluding hydrogens is 570 g/mol. The molecule has 2 aromatic rings. The Morgan fingerprint density at radius 1 is 1.05 bits per heavy atom. The predicted octanol–water partition coefficient (Wildman–Crippen LogP) is 3.86. The van der Waals surface area contributed by atoms with E-state index in [0.717, 1.165) is 37.4 Å². The van der Waals surface area contributed by atoms with E-state index in [-0.39, 0.29) is 18.6 Å². The van der Waals surface area contributed by atoms with Crippen molar-refractivity contribution in [3.8, 4) is 17.2 Å². The lowest BCUT2D eigenvalue weighted by Crippen LogP contribution is -2.54. The topological polar surface area (TPSA) is 116 Å². The quantitative estimate of drug-likeness (QED) is 0.350. The number of anilines is 1. The number of nitrogens with one attached hydrogen (secondary N) is 2. The molecule has 2 aliphatic rings. The molecule has 2 saturated heterocycles. The Morgan fingerprint density at radius 2 is 1.66 bits per heavy atom. The second-order valence-electron chi connectivity index (χ2n) is 10.6. The standard InChI is InChI=1S/C28H40ClN5O6S/c1-32(2)41(36,37)34-17-23(31-28(35)30-22-15-25(38-3)27(40-5)26(16-22)39-4)24(18-34)33-12-10-20(11-13-33)14-19-6-8-21(29)9-7-19/h6-9,15-16,20,23-24H,10-14,17-18H2,1-5H3,(H2-,30,31,35,36,37)/p+1/t23-,24-/m1/s1. The smallest absolute Gasteiger partial charge is 0.374 e. The van der Waals surface area contributed by atoms with Crippen LogP contribution in [0.3, 0.4) is 0 Å². The minimum absolute atomic E-state index is 0.120. The van der Waals surface area contributed by atoms with Crippen LogP contribution in [-0.2, 0) is 21.2 Å². The fraction of sp³-hybridized carbons (Fsp3) is 0.536. The molecule has 0 spiro atoms. The average molecular weight is 611 g/mol. The molecular formula is C28H41ClN5O6S+. The molecule has 0 aliphatic carbocycles. The van der Waals surface area contributed by atoms with E-state index in [1.807, 2.05) is 12.1 Å². The molecule has 13 heteroatoms. The second-order valence-corrected chi connectivity index (χ2v) is 13.2. The van der Waals surface area contributed by atoms with E-state index in [9.17, 15) is 13.6 Å². The maximum atomic E-state index is 13.2. The van der Waals surface area contributed by atoms with Crippen molar-refractivity contribution < 1.29 is 27.8 Å². The molecule has 2 aliphatic heterocycles. The number of halogens is 1. The number of hydrogen-bond acceptors (Lipinski definition) is 6. The van der Waals surface area contributed by atoms with Crippen molar-refractivity contribution in [3.05, 3.63) is 47.0 Å². The van der Waals surface area contributed by atoms with Crippen molar-refractivity contribution in [1.82, 2.24) is 18.8 Å². The van der Waals surface area contributed by atoms with Gasteiger partial charge in [0, 0.05) is 37.3 Å². The van der Waals surface area contributed by atoms with Gasteiger partial charge in [0.15, 0.2) is 11.5 Å². The number of amides is 2. The van der Waals surface area contributed by atoms with Gasteiger partial charge in [-0.2, -0.15) is 4.55 Å². The summed E-state index contributed by atoms with van der Waals surface area (Å²) in [6, 6.07) is 10.4. The van der Waals surface area contributed by atoms with Crippen LogP contribution in [0.25, 0.3) is 0 Å². The first-order valence-corrected chi connectivity index (χ1v) is 15.4. The summed E-state index contributed by atoms with van der Waals surface area (Å²) in [5.41, 5.74) is 1.74. The molecule has 0 saturated carbocycles. The van der Waals surface area contributed by atoms with Crippen LogP contribution in [0.4, 0.5) is 10.5 Å². The third-order valence-electron chi connectivity index (χ3n) is 7.86. The lowest BCUT2D eigenvalue weighted by molar-refractivity contribution is 0.124. The molecule has 3 N–H and O–H groups in total.